The minimum Gasteiger partial charge on any atom is -0.497 e. The first kappa shape index (κ1) is 25.6. The van der Waals surface area contributed by atoms with Crippen molar-refractivity contribution < 1.29 is 23.5 Å². The van der Waals surface area contributed by atoms with E-state index in [1.165, 1.54) is 19.2 Å². The van der Waals surface area contributed by atoms with Crippen LogP contribution in [0.15, 0.2) is 102 Å². The van der Waals surface area contributed by atoms with E-state index in [-0.39, 0.29) is 17.3 Å². The Balaban J connectivity index is 1.54. The molecule has 1 fully saturated rings. The van der Waals surface area contributed by atoms with Crippen LogP contribution in [0.25, 0.3) is 6.08 Å². The largest absolute Gasteiger partial charge is 0.497 e. The molecule has 7 heteroatoms. The van der Waals surface area contributed by atoms with E-state index in [4.69, 9.17) is 4.74 Å². The van der Waals surface area contributed by atoms with E-state index < -0.39 is 29.2 Å². The molecule has 2 heterocycles. The second-order valence-electron chi connectivity index (χ2n) is 10.6. The number of Topliss-reactive ketones (excluding diaryl/α,β-unsaturated/α-hetero) is 3. The molecule has 0 aromatic heterocycles. The highest BCUT2D eigenvalue weighted by molar-refractivity contribution is 9.10. The zero-order chi connectivity index (χ0) is 28.5. The molecule has 2 aliphatic heterocycles. The Morgan fingerprint density at radius 2 is 1.61 bits per heavy atom. The van der Waals surface area contributed by atoms with Crippen LogP contribution in [0, 0.1) is 11.2 Å². The first-order valence-corrected chi connectivity index (χ1v) is 14.0. The van der Waals surface area contributed by atoms with E-state index in [0.717, 1.165) is 4.47 Å². The van der Waals surface area contributed by atoms with Crippen molar-refractivity contribution in [1.29, 1.82) is 0 Å². The van der Waals surface area contributed by atoms with Gasteiger partial charge in [-0.05, 0) is 48.0 Å². The van der Waals surface area contributed by atoms with E-state index in [2.05, 4.69) is 15.9 Å². The lowest BCUT2D eigenvalue weighted by Crippen LogP contribution is -2.48. The number of rotatable bonds is 4. The Kier molecular flexibility index (Phi) is 5.84. The van der Waals surface area contributed by atoms with Crippen molar-refractivity contribution in [2.75, 3.05) is 12.0 Å². The Labute approximate surface area is 244 Å². The quantitative estimate of drug-likeness (QED) is 0.186. The lowest BCUT2D eigenvalue weighted by Gasteiger charge is -2.37. The average molecular weight is 608 g/mol. The van der Waals surface area contributed by atoms with Crippen LogP contribution >= 0.6 is 15.9 Å². The maximum atomic E-state index is 14.7. The van der Waals surface area contributed by atoms with E-state index in [1.54, 1.807) is 66.7 Å². The molecule has 4 aromatic carbocycles. The van der Waals surface area contributed by atoms with Crippen LogP contribution in [0.1, 0.15) is 48.1 Å². The van der Waals surface area contributed by atoms with Gasteiger partial charge in [-0.25, -0.2) is 4.39 Å². The maximum absolute atomic E-state index is 14.7. The number of anilines is 1. The van der Waals surface area contributed by atoms with E-state index >= 15 is 0 Å². The molecule has 1 saturated heterocycles. The first-order valence-electron chi connectivity index (χ1n) is 13.2. The van der Waals surface area contributed by atoms with Crippen LogP contribution in [-0.2, 0) is 0 Å². The van der Waals surface area contributed by atoms with Gasteiger partial charge in [0.15, 0.2) is 17.3 Å². The summed E-state index contributed by atoms with van der Waals surface area (Å²) in [6.45, 7) is 0. The molecule has 0 unspecified atom stereocenters. The van der Waals surface area contributed by atoms with Crippen molar-refractivity contribution in [3.8, 4) is 5.75 Å². The number of benzene rings is 4. The number of fused-ring (bicyclic) bond motifs is 5. The second kappa shape index (κ2) is 9.35. The van der Waals surface area contributed by atoms with Crippen molar-refractivity contribution in [1.82, 2.24) is 0 Å². The number of hydrogen-bond acceptors (Lipinski definition) is 5. The number of ketones is 3. The summed E-state index contributed by atoms with van der Waals surface area (Å²) in [5, 5.41) is 0. The highest BCUT2D eigenvalue weighted by Gasteiger charge is 2.71. The van der Waals surface area contributed by atoms with Gasteiger partial charge in [-0.15, -0.1) is 0 Å². The summed E-state index contributed by atoms with van der Waals surface area (Å²) in [4.78, 5) is 45.8. The molecule has 202 valence electrons. The smallest absolute Gasteiger partial charge is 0.186 e. The summed E-state index contributed by atoms with van der Waals surface area (Å²) in [5.74, 6) is -1.62. The van der Waals surface area contributed by atoms with Crippen molar-refractivity contribution >= 4 is 45.0 Å². The highest BCUT2D eigenvalue weighted by atomic mass is 79.9. The third-order valence-corrected chi connectivity index (χ3v) is 9.15. The van der Waals surface area contributed by atoms with Crippen molar-refractivity contribution in [3.05, 3.63) is 135 Å². The van der Waals surface area contributed by atoms with Gasteiger partial charge in [0, 0.05) is 38.3 Å². The summed E-state index contributed by atoms with van der Waals surface area (Å²) in [7, 11) is 1.53. The fourth-order valence-electron chi connectivity index (χ4n) is 6.94. The molecule has 1 spiro atoms. The number of methoxy groups -OCH3 is 1. The number of hydrogen-bond donors (Lipinski definition) is 0. The average Bonchev–Trinajstić information content (AvgIpc) is 3.43. The van der Waals surface area contributed by atoms with Gasteiger partial charge in [-0.1, -0.05) is 76.6 Å². The molecule has 0 radical (unpaired) electrons. The first-order chi connectivity index (χ1) is 19.9. The molecule has 4 aromatic rings. The molecule has 0 bridgehead atoms. The van der Waals surface area contributed by atoms with Gasteiger partial charge in [0.05, 0.1) is 13.2 Å². The van der Waals surface area contributed by atoms with Gasteiger partial charge >= 0.3 is 0 Å². The van der Waals surface area contributed by atoms with E-state index in [0.29, 0.717) is 39.3 Å². The Hall–Kier alpha value is -4.36. The predicted molar refractivity (Wildman–Crippen MR) is 157 cm³/mol. The van der Waals surface area contributed by atoms with Crippen molar-refractivity contribution in [2.24, 2.45) is 5.41 Å². The Morgan fingerprint density at radius 1 is 0.902 bits per heavy atom. The van der Waals surface area contributed by atoms with Crippen LogP contribution in [0.2, 0.25) is 0 Å². The second-order valence-corrected chi connectivity index (χ2v) is 11.5. The number of ether oxygens (including phenoxy) is 1. The molecule has 5 nitrogen and oxygen atoms in total. The minimum atomic E-state index is -1.61. The standard InChI is InChI=1S/C34H23BrFNO4/c1-41-24-6-4-5-21(18-24)31(38)30-29(19-9-12-22(35)13-10-19)34(32(39)25-7-2-3-8-26(25)33(34)40)28-16-11-20-17-23(36)14-15-27(20)37(28)30/h2-18,28-30H,1H3/t28-,29+,30-/m1/s1. The predicted octanol–water partition coefficient (Wildman–Crippen LogP) is 6.91. The van der Waals surface area contributed by atoms with Crippen molar-refractivity contribution in [2.45, 2.75) is 18.0 Å². The minimum absolute atomic E-state index is 0.263. The highest BCUT2D eigenvalue weighted by Crippen LogP contribution is 2.61. The van der Waals surface area contributed by atoms with Crippen LogP contribution in [0.3, 0.4) is 0 Å². The lowest BCUT2D eigenvalue weighted by molar-refractivity contribution is 0.0666. The van der Waals surface area contributed by atoms with Crippen LogP contribution < -0.4 is 9.64 Å². The number of halogens is 2. The SMILES string of the molecule is COc1cccc(C(=O)[C@H]2[C@H](c3ccc(Br)cc3)C3(C(=O)c4ccccc4C3=O)[C@H]3C=Cc4cc(F)ccc4N23)c1. The summed E-state index contributed by atoms with van der Waals surface area (Å²) in [6.07, 6.45) is 3.54. The molecule has 1 aliphatic carbocycles. The summed E-state index contributed by atoms with van der Waals surface area (Å²) < 4.78 is 20.6. The van der Waals surface area contributed by atoms with E-state index in [1.807, 2.05) is 29.2 Å². The summed E-state index contributed by atoms with van der Waals surface area (Å²) in [5.41, 5.74) is 1.35. The molecule has 0 saturated carbocycles. The van der Waals surface area contributed by atoms with Crippen LogP contribution in [0.4, 0.5) is 10.1 Å². The summed E-state index contributed by atoms with van der Waals surface area (Å²) in [6, 6.07) is 23.8. The molecule has 0 N–H and O–H groups in total. The molecular weight excluding hydrogens is 585 g/mol. The fraction of sp³-hybridized carbons (Fsp3) is 0.147. The third-order valence-electron chi connectivity index (χ3n) is 8.62. The zero-order valence-corrected chi connectivity index (χ0v) is 23.5. The monoisotopic (exact) mass is 607 g/mol. The van der Waals surface area contributed by atoms with Crippen LogP contribution in [-0.4, -0.2) is 36.5 Å². The molecule has 3 aliphatic rings. The van der Waals surface area contributed by atoms with Gasteiger partial charge in [0.1, 0.15) is 23.0 Å². The number of nitrogens with zero attached hydrogens (tertiary/aromatic N) is 1. The lowest BCUT2D eigenvalue weighted by atomic mass is 9.64. The van der Waals surface area contributed by atoms with E-state index in [9.17, 15) is 18.8 Å². The molecule has 41 heavy (non-hydrogen) atoms. The van der Waals surface area contributed by atoms with Gasteiger partial charge in [0.2, 0.25) is 0 Å². The van der Waals surface area contributed by atoms with Gasteiger partial charge in [0.25, 0.3) is 0 Å². The Morgan fingerprint density at radius 3 is 2.29 bits per heavy atom. The zero-order valence-electron chi connectivity index (χ0n) is 21.9. The number of carbonyl (C=O) groups excluding carboxylic acids is 3. The van der Waals surface area contributed by atoms with Crippen LogP contribution in [0.5, 0.6) is 5.75 Å². The summed E-state index contributed by atoms with van der Waals surface area (Å²) >= 11 is 3.49. The van der Waals surface area contributed by atoms with Gasteiger partial charge in [-0.2, -0.15) is 0 Å². The third kappa shape index (κ3) is 3.55. The normalized spacial score (nSPS) is 21.5. The van der Waals surface area contributed by atoms with Gasteiger partial charge in [-0.3, -0.25) is 14.4 Å². The molecule has 7 rings (SSSR count). The maximum Gasteiger partial charge on any atom is 0.186 e. The molecule has 0 amide bonds. The fourth-order valence-corrected chi connectivity index (χ4v) is 7.20. The molecular formula is C34H23BrFNO4. The number of carbonyl (C=O) groups is 3. The topological polar surface area (TPSA) is 63.7 Å². The Bertz CT molecular complexity index is 1760. The van der Waals surface area contributed by atoms with Gasteiger partial charge < -0.3 is 9.64 Å². The van der Waals surface area contributed by atoms with Crippen molar-refractivity contribution in [3.63, 3.8) is 0 Å². The molecule has 3 atom stereocenters.